The molecule has 1 fully saturated rings. The highest BCUT2D eigenvalue weighted by Gasteiger charge is 2.39. The minimum Gasteiger partial charge on any atom is -0.507 e. The highest BCUT2D eigenvalue weighted by molar-refractivity contribution is 5.95. The number of hydrogen-bond donors (Lipinski definition) is 2. The average molecular weight is 409 g/mol. The number of benzene rings is 2. The van der Waals surface area contributed by atoms with Crippen molar-refractivity contribution >= 4 is 11.9 Å². The Morgan fingerprint density at radius 2 is 2.00 bits per heavy atom. The SMILES string of the molecule is COC(=O)c1c(O)cccc1OC[C@H]1C[C@H]1c1cccc(-c2cc(C(=O)O)no2)c1. The van der Waals surface area contributed by atoms with Gasteiger partial charge in [0.25, 0.3) is 0 Å². The van der Waals surface area contributed by atoms with E-state index in [-0.39, 0.29) is 34.6 Å². The van der Waals surface area contributed by atoms with Crippen LogP contribution in [0.5, 0.6) is 11.5 Å². The molecule has 0 radical (unpaired) electrons. The molecule has 1 saturated carbocycles. The van der Waals surface area contributed by atoms with E-state index in [4.69, 9.17) is 19.1 Å². The first-order chi connectivity index (χ1) is 14.5. The van der Waals surface area contributed by atoms with Crippen molar-refractivity contribution in [2.75, 3.05) is 13.7 Å². The second kappa shape index (κ2) is 7.90. The molecule has 1 heterocycles. The minimum atomic E-state index is -1.14. The summed E-state index contributed by atoms with van der Waals surface area (Å²) in [5, 5.41) is 22.5. The summed E-state index contributed by atoms with van der Waals surface area (Å²) in [7, 11) is 1.25. The zero-order valence-corrected chi connectivity index (χ0v) is 16.1. The molecule has 30 heavy (non-hydrogen) atoms. The Balaban J connectivity index is 1.44. The maximum Gasteiger partial charge on any atom is 0.358 e. The van der Waals surface area contributed by atoms with Crippen LogP contribution in [0.15, 0.2) is 53.1 Å². The van der Waals surface area contributed by atoms with E-state index in [1.807, 2.05) is 24.3 Å². The lowest BCUT2D eigenvalue weighted by molar-refractivity contribution is 0.0591. The predicted octanol–water partition coefficient (Wildman–Crippen LogP) is 3.71. The van der Waals surface area contributed by atoms with Gasteiger partial charge in [-0.1, -0.05) is 29.4 Å². The van der Waals surface area contributed by atoms with E-state index in [1.54, 1.807) is 12.1 Å². The molecule has 1 aliphatic rings. The number of carbonyl (C=O) groups is 2. The van der Waals surface area contributed by atoms with Crippen molar-refractivity contribution in [2.45, 2.75) is 12.3 Å². The van der Waals surface area contributed by atoms with Crippen molar-refractivity contribution in [3.05, 3.63) is 65.4 Å². The molecular weight excluding hydrogens is 390 g/mol. The summed E-state index contributed by atoms with van der Waals surface area (Å²) in [6, 6.07) is 13.7. The Morgan fingerprint density at radius 3 is 2.73 bits per heavy atom. The topological polar surface area (TPSA) is 119 Å². The van der Waals surface area contributed by atoms with Gasteiger partial charge in [0.2, 0.25) is 0 Å². The summed E-state index contributed by atoms with van der Waals surface area (Å²) in [5.41, 5.74) is 1.71. The van der Waals surface area contributed by atoms with Crippen molar-refractivity contribution in [1.29, 1.82) is 0 Å². The molecule has 8 heteroatoms. The number of ether oxygens (including phenoxy) is 2. The first kappa shape index (κ1) is 19.5. The third-order valence-electron chi connectivity index (χ3n) is 5.10. The monoisotopic (exact) mass is 409 g/mol. The van der Waals surface area contributed by atoms with Crippen LogP contribution in [0.25, 0.3) is 11.3 Å². The fourth-order valence-electron chi connectivity index (χ4n) is 3.42. The molecule has 0 bridgehead atoms. The van der Waals surface area contributed by atoms with Crippen molar-refractivity contribution in [3.8, 4) is 22.8 Å². The number of methoxy groups -OCH3 is 1. The largest absolute Gasteiger partial charge is 0.507 e. The fourth-order valence-corrected chi connectivity index (χ4v) is 3.42. The molecule has 0 amide bonds. The molecular formula is C22H19NO7. The molecule has 2 atom stereocenters. The second-order valence-electron chi connectivity index (χ2n) is 7.06. The Labute approximate surface area is 171 Å². The van der Waals surface area contributed by atoms with E-state index in [1.165, 1.54) is 19.2 Å². The number of phenolic OH excluding ortho intramolecular Hbond substituents is 1. The van der Waals surface area contributed by atoms with Gasteiger partial charge in [-0.25, -0.2) is 9.59 Å². The lowest BCUT2D eigenvalue weighted by Crippen LogP contribution is -2.08. The van der Waals surface area contributed by atoms with Crippen LogP contribution in [0.4, 0.5) is 0 Å². The number of rotatable bonds is 7. The van der Waals surface area contributed by atoms with Gasteiger partial charge >= 0.3 is 11.9 Å². The number of carboxylic acids is 1. The molecule has 0 saturated heterocycles. The van der Waals surface area contributed by atoms with Crippen LogP contribution < -0.4 is 4.74 Å². The molecule has 8 nitrogen and oxygen atoms in total. The summed E-state index contributed by atoms with van der Waals surface area (Å²) < 4.78 is 15.7. The van der Waals surface area contributed by atoms with Gasteiger partial charge in [-0.05, 0) is 36.1 Å². The predicted molar refractivity (Wildman–Crippen MR) is 105 cm³/mol. The van der Waals surface area contributed by atoms with Crippen molar-refractivity contribution in [1.82, 2.24) is 5.16 Å². The Kier molecular flexibility index (Phi) is 5.14. The third kappa shape index (κ3) is 3.84. The average Bonchev–Trinajstić information content (AvgIpc) is 3.35. The number of nitrogens with zero attached hydrogens (tertiary/aromatic N) is 1. The number of aromatic carboxylic acids is 1. The number of aromatic nitrogens is 1. The lowest BCUT2D eigenvalue weighted by Gasteiger charge is -2.11. The highest BCUT2D eigenvalue weighted by Crippen LogP contribution is 2.48. The van der Waals surface area contributed by atoms with E-state index in [0.717, 1.165) is 17.5 Å². The number of phenols is 1. The standard InChI is InChI=1S/C22H19NO7/c1-28-22(27)20-17(24)6-3-7-18(20)29-11-14-9-15(14)12-4-2-5-13(8-12)19-10-16(21(25)26)23-30-19/h2-8,10,14-15,24H,9,11H2,1H3,(H,25,26)/t14-,15+/m1/s1. The van der Waals surface area contributed by atoms with Gasteiger partial charge in [-0.2, -0.15) is 0 Å². The van der Waals surface area contributed by atoms with E-state index in [2.05, 4.69) is 5.16 Å². The first-order valence-electron chi connectivity index (χ1n) is 9.31. The summed E-state index contributed by atoms with van der Waals surface area (Å²) >= 11 is 0. The van der Waals surface area contributed by atoms with E-state index < -0.39 is 11.9 Å². The highest BCUT2D eigenvalue weighted by atomic mass is 16.5. The van der Waals surface area contributed by atoms with E-state index >= 15 is 0 Å². The molecule has 1 aliphatic carbocycles. The molecule has 4 rings (SSSR count). The summed E-state index contributed by atoms with van der Waals surface area (Å²) in [6.07, 6.45) is 0.909. The smallest absolute Gasteiger partial charge is 0.358 e. The summed E-state index contributed by atoms with van der Waals surface area (Å²) in [6.45, 7) is 0.383. The van der Waals surface area contributed by atoms with Gasteiger partial charge in [0.05, 0.1) is 13.7 Å². The molecule has 1 aromatic heterocycles. The van der Waals surface area contributed by atoms with Crippen LogP contribution >= 0.6 is 0 Å². The quantitative estimate of drug-likeness (QED) is 0.567. The first-order valence-corrected chi connectivity index (χ1v) is 9.31. The second-order valence-corrected chi connectivity index (χ2v) is 7.06. The van der Waals surface area contributed by atoms with Gasteiger partial charge in [-0.3, -0.25) is 0 Å². The molecule has 0 spiro atoms. The molecule has 154 valence electrons. The van der Waals surface area contributed by atoms with Crippen LogP contribution in [0.3, 0.4) is 0 Å². The zero-order valence-electron chi connectivity index (χ0n) is 16.1. The van der Waals surface area contributed by atoms with Crippen LogP contribution in [0.1, 0.15) is 38.7 Å². The molecule has 2 N–H and O–H groups in total. The van der Waals surface area contributed by atoms with Crippen LogP contribution in [-0.4, -0.2) is 41.0 Å². The normalized spacial score (nSPS) is 17.4. The van der Waals surface area contributed by atoms with Crippen LogP contribution in [0, 0.1) is 5.92 Å². The lowest BCUT2D eigenvalue weighted by atomic mass is 10.0. The van der Waals surface area contributed by atoms with E-state index in [0.29, 0.717) is 12.4 Å². The number of carbonyl (C=O) groups excluding carboxylic acids is 1. The van der Waals surface area contributed by atoms with Gasteiger partial charge in [0, 0.05) is 17.5 Å². The zero-order chi connectivity index (χ0) is 21.3. The molecule has 0 aliphatic heterocycles. The number of esters is 1. The number of carboxylic acid groups (broad SMARTS) is 1. The van der Waals surface area contributed by atoms with Crippen molar-refractivity contribution < 1.29 is 33.8 Å². The Bertz CT molecular complexity index is 1100. The number of aromatic hydroxyl groups is 1. The van der Waals surface area contributed by atoms with E-state index in [9.17, 15) is 14.7 Å². The van der Waals surface area contributed by atoms with Gasteiger partial charge in [-0.15, -0.1) is 0 Å². The van der Waals surface area contributed by atoms with Crippen molar-refractivity contribution in [2.24, 2.45) is 5.92 Å². The maximum absolute atomic E-state index is 11.9. The summed E-state index contributed by atoms with van der Waals surface area (Å²) in [5.74, 6) is -0.792. The summed E-state index contributed by atoms with van der Waals surface area (Å²) in [4.78, 5) is 22.9. The van der Waals surface area contributed by atoms with Gasteiger partial charge < -0.3 is 24.2 Å². The van der Waals surface area contributed by atoms with Crippen LogP contribution in [0.2, 0.25) is 0 Å². The minimum absolute atomic E-state index is 0.0127. The molecule has 2 aromatic carbocycles. The molecule has 0 unspecified atom stereocenters. The molecule has 3 aromatic rings. The van der Waals surface area contributed by atoms with Gasteiger partial charge in [0.15, 0.2) is 11.5 Å². The maximum atomic E-state index is 11.9. The number of hydrogen-bond acceptors (Lipinski definition) is 7. The third-order valence-corrected chi connectivity index (χ3v) is 5.10. The van der Waals surface area contributed by atoms with Crippen LogP contribution in [-0.2, 0) is 4.74 Å². The van der Waals surface area contributed by atoms with Gasteiger partial charge in [0.1, 0.15) is 17.1 Å². The Hall–Kier alpha value is -3.81. The Morgan fingerprint density at radius 1 is 1.20 bits per heavy atom. The van der Waals surface area contributed by atoms with Crippen molar-refractivity contribution in [3.63, 3.8) is 0 Å². The fraction of sp³-hybridized carbons (Fsp3) is 0.227.